The van der Waals surface area contributed by atoms with Gasteiger partial charge in [-0.15, -0.1) is 0 Å². The molecule has 2 heterocycles. The molecule has 0 amide bonds. The molecule has 4 rings (SSSR count). The molecule has 156 valence electrons. The van der Waals surface area contributed by atoms with E-state index in [1.54, 1.807) is 0 Å². The Morgan fingerprint density at radius 3 is 2.50 bits per heavy atom. The minimum atomic E-state index is -4.50. The van der Waals surface area contributed by atoms with E-state index in [-0.39, 0.29) is 17.0 Å². The number of nitrogens with zero attached hydrogens (tertiary/aromatic N) is 2. The molecule has 1 aliphatic heterocycles. The Morgan fingerprint density at radius 2 is 1.83 bits per heavy atom. The molecule has 1 unspecified atom stereocenters. The third-order valence-electron chi connectivity index (χ3n) is 5.03. The van der Waals surface area contributed by atoms with Crippen LogP contribution >= 0.6 is 11.6 Å². The van der Waals surface area contributed by atoms with Crippen LogP contribution in [0, 0.1) is 0 Å². The zero-order valence-electron chi connectivity index (χ0n) is 15.9. The Morgan fingerprint density at radius 1 is 1.07 bits per heavy atom. The molecule has 1 saturated heterocycles. The quantitative estimate of drug-likeness (QED) is 0.539. The van der Waals surface area contributed by atoms with Gasteiger partial charge in [0.2, 0.25) is 5.88 Å². The van der Waals surface area contributed by atoms with Crippen molar-refractivity contribution in [3.8, 4) is 17.0 Å². The lowest BCUT2D eigenvalue weighted by Crippen LogP contribution is -2.25. The fraction of sp³-hybridized carbons (Fsp3) is 0.227. The summed E-state index contributed by atoms with van der Waals surface area (Å²) in [6, 6.07) is 16.7. The van der Waals surface area contributed by atoms with Crippen LogP contribution in [0.4, 0.5) is 24.5 Å². The van der Waals surface area contributed by atoms with Gasteiger partial charge in [0.15, 0.2) is 0 Å². The molecular weight excluding hydrogens is 415 g/mol. The summed E-state index contributed by atoms with van der Waals surface area (Å²) >= 11 is 5.95. The molecule has 1 atom stereocenters. The number of ether oxygens (including phenoxy) is 1. The summed E-state index contributed by atoms with van der Waals surface area (Å²) < 4.78 is 44.0. The van der Waals surface area contributed by atoms with Gasteiger partial charge in [-0.05, 0) is 29.3 Å². The van der Waals surface area contributed by atoms with Crippen LogP contribution in [0.3, 0.4) is 0 Å². The number of nitrogen functional groups attached to an aromatic ring is 1. The molecule has 0 aliphatic carbocycles. The summed E-state index contributed by atoms with van der Waals surface area (Å²) in [5.41, 5.74) is 9.06. The molecule has 0 radical (unpaired) electrons. The van der Waals surface area contributed by atoms with Crippen LogP contribution in [0.5, 0.6) is 5.88 Å². The van der Waals surface area contributed by atoms with Crippen molar-refractivity contribution in [1.82, 2.24) is 4.98 Å². The Kier molecular flexibility index (Phi) is 5.47. The maximum Gasteiger partial charge on any atom is 0.417 e. The highest BCUT2D eigenvalue weighted by atomic mass is 35.5. The van der Waals surface area contributed by atoms with E-state index in [1.165, 1.54) is 0 Å². The molecule has 0 saturated carbocycles. The van der Waals surface area contributed by atoms with Gasteiger partial charge in [-0.3, -0.25) is 0 Å². The zero-order chi connectivity index (χ0) is 21.3. The molecule has 1 fully saturated rings. The highest BCUT2D eigenvalue weighted by Gasteiger charge is 2.32. The molecule has 2 aromatic carbocycles. The first-order valence-electron chi connectivity index (χ1n) is 9.40. The molecule has 0 bridgehead atoms. The van der Waals surface area contributed by atoms with Gasteiger partial charge in [-0.2, -0.15) is 13.2 Å². The van der Waals surface area contributed by atoms with Crippen molar-refractivity contribution < 1.29 is 17.9 Å². The number of aromatic nitrogens is 1. The van der Waals surface area contributed by atoms with E-state index < -0.39 is 11.7 Å². The molecule has 2 N–H and O–H groups in total. The van der Waals surface area contributed by atoms with Crippen LogP contribution in [0.25, 0.3) is 11.1 Å². The van der Waals surface area contributed by atoms with Crippen LogP contribution in [-0.2, 0) is 6.18 Å². The van der Waals surface area contributed by atoms with Gasteiger partial charge in [-0.1, -0.05) is 48.0 Å². The van der Waals surface area contributed by atoms with Gasteiger partial charge in [0, 0.05) is 19.2 Å². The van der Waals surface area contributed by atoms with E-state index >= 15 is 0 Å². The zero-order valence-corrected chi connectivity index (χ0v) is 16.6. The molecule has 1 aliphatic rings. The third-order valence-corrected chi connectivity index (χ3v) is 5.30. The minimum absolute atomic E-state index is 0.00362. The van der Waals surface area contributed by atoms with Crippen molar-refractivity contribution in [3.63, 3.8) is 0 Å². The fourth-order valence-corrected chi connectivity index (χ4v) is 3.73. The normalized spacial score (nSPS) is 16.7. The van der Waals surface area contributed by atoms with Crippen LogP contribution in [0.15, 0.2) is 60.8 Å². The Bertz CT molecular complexity index is 1040. The maximum absolute atomic E-state index is 12.8. The van der Waals surface area contributed by atoms with Gasteiger partial charge < -0.3 is 15.4 Å². The summed E-state index contributed by atoms with van der Waals surface area (Å²) in [4.78, 5) is 5.84. The smallest absolute Gasteiger partial charge is 0.417 e. The Labute approximate surface area is 177 Å². The lowest BCUT2D eigenvalue weighted by atomic mass is 10.0. The first-order chi connectivity index (χ1) is 14.3. The number of hydrogen-bond acceptors (Lipinski definition) is 4. The van der Waals surface area contributed by atoms with Gasteiger partial charge in [-0.25, -0.2) is 4.98 Å². The molecule has 3 aromatic rings. The van der Waals surface area contributed by atoms with Crippen molar-refractivity contribution in [2.45, 2.75) is 18.7 Å². The Hall–Kier alpha value is -2.93. The second kappa shape index (κ2) is 8.07. The number of pyridine rings is 1. The van der Waals surface area contributed by atoms with Crippen molar-refractivity contribution in [3.05, 3.63) is 71.4 Å². The maximum atomic E-state index is 12.8. The van der Waals surface area contributed by atoms with Gasteiger partial charge in [0.05, 0.1) is 23.5 Å². The first-order valence-corrected chi connectivity index (χ1v) is 9.78. The summed E-state index contributed by atoms with van der Waals surface area (Å²) in [6.45, 7) is 1.24. The molecule has 4 nitrogen and oxygen atoms in total. The second-order valence-corrected chi connectivity index (χ2v) is 7.53. The molecule has 0 spiro atoms. The molecule has 1 aromatic heterocycles. The lowest BCUT2D eigenvalue weighted by Gasteiger charge is -2.21. The number of benzene rings is 2. The van der Waals surface area contributed by atoms with E-state index in [2.05, 4.69) is 9.88 Å². The van der Waals surface area contributed by atoms with Crippen molar-refractivity contribution >= 4 is 23.0 Å². The van der Waals surface area contributed by atoms with Crippen LogP contribution in [0.1, 0.15) is 12.0 Å². The topological polar surface area (TPSA) is 51.4 Å². The Balaban J connectivity index is 1.45. The lowest BCUT2D eigenvalue weighted by molar-refractivity contribution is -0.137. The standard InChI is InChI=1S/C22H19ClF3N3O/c23-18-11-16(22(24,25)26)12-28-21(18)30-17-8-9-29(13-17)20-7-6-15(10-19(20)27)14-4-2-1-3-5-14/h1-7,10-12,17H,8-9,13,27H2. The van der Waals surface area contributed by atoms with E-state index in [4.69, 9.17) is 22.1 Å². The number of anilines is 2. The highest BCUT2D eigenvalue weighted by Crippen LogP contribution is 2.35. The van der Waals surface area contributed by atoms with Crippen LogP contribution in [-0.4, -0.2) is 24.2 Å². The van der Waals surface area contributed by atoms with Crippen LogP contribution < -0.4 is 15.4 Å². The predicted molar refractivity (Wildman–Crippen MR) is 112 cm³/mol. The number of alkyl halides is 3. The summed E-state index contributed by atoms with van der Waals surface area (Å²) in [5.74, 6) is 0.00362. The highest BCUT2D eigenvalue weighted by molar-refractivity contribution is 6.31. The SMILES string of the molecule is Nc1cc(-c2ccccc2)ccc1N1CCC(Oc2ncc(C(F)(F)F)cc2Cl)C1. The van der Waals surface area contributed by atoms with Crippen LogP contribution in [0.2, 0.25) is 5.02 Å². The predicted octanol–water partition coefficient (Wildman–Crippen LogP) is 5.66. The van der Waals surface area contributed by atoms with E-state index in [0.29, 0.717) is 25.2 Å². The van der Waals surface area contributed by atoms with Gasteiger partial charge >= 0.3 is 6.18 Å². The van der Waals surface area contributed by atoms with Crippen molar-refractivity contribution in [2.75, 3.05) is 23.7 Å². The van der Waals surface area contributed by atoms with Gasteiger partial charge in [0.1, 0.15) is 11.1 Å². The van der Waals surface area contributed by atoms with E-state index in [1.807, 2.05) is 48.5 Å². The molecular formula is C22H19ClF3N3O. The average molecular weight is 434 g/mol. The molecule has 8 heteroatoms. The largest absolute Gasteiger partial charge is 0.471 e. The monoisotopic (exact) mass is 433 g/mol. The van der Waals surface area contributed by atoms with E-state index in [9.17, 15) is 13.2 Å². The van der Waals surface area contributed by atoms with Gasteiger partial charge in [0.25, 0.3) is 0 Å². The number of hydrogen-bond donors (Lipinski definition) is 1. The summed E-state index contributed by atoms with van der Waals surface area (Å²) in [5, 5.41) is -0.157. The number of rotatable bonds is 4. The van der Waals surface area contributed by atoms with Crippen molar-refractivity contribution in [1.29, 1.82) is 0 Å². The number of halogens is 4. The average Bonchev–Trinajstić information content (AvgIpc) is 3.17. The summed E-state index contributed by atoms with van der Waals surface area (Å²) in [6.07, 6.45) is -3.34. The third kappa shape index (κ3) is 4.31. The van der Waals surface area contributed by atoms with E-state index in [0.717, 1.165) is 29.1 Å². The first kappa shape index (κ1) is 20.3. The minimum Gasteiger partial charge on any atom is -0.471 e. The summed E-state index contributed by atoms with van der Waals surface area (Å²) in [7, 11) is 0. The second-order valence-electron chi connectivity index (χ2n) is 7.12. The molecule has 30 heavy (non-hydrogen) atoms. The number of nitrogens with two attached hydrogens (primary N) is 1. The van der Waals surface area contributed by atoms with Crippen molar-refractivity contribution in [2.24, 2.45) is 0 Å². The fourth-order valence-electron chi connectivity index (χ4n) is 3.52.